The van der Waals surface area contributed by atoms with Gasteiger partial charge in [-0.05, 0) is 94.6 Å². The van der Waals surface area contributed by atoms with Crippen LogP contribution in [0.4, 0.5) is 0 Å². The van der Waals surface area contributed by atoms with Gasteiger partial charge in [0.15, 0.2) is 17.3 Å². The summed E-state index contributed by atoms with van der Waals surface area (Å²) in [4.78, 5) is 299. The zero-order valence-electron chi connectivity index (χ0n) is 78.0. The van der Waals surface area contributed by atoms with Crippen molar-refractivity contribution in [2.45, 2.75) is 319 Å². The van der Waals surface area contributed by atoms with Crippen molar-refractivity contribution in [3.05, 3.63) is 71.8 Å². The molecule has 0 aromatic heterocycles. The number of likely N-dealkylation sites (tertiary alicyclic amines) is 1. The number of nitrogens with zero attached hydrogens (tertiary/aromatic N) is 4. The lowest BCUT2D eigenvalue weighted by Crippen LogP contribution is -2.49. The Kier molecular flexibility index (Phi) is 62.4. The van der Waals surface area contributed by atoms with E-state index in [-0.39, 0.29) is 158 Å². The van der Waals surface area contributed by atoms with E-state index in [2.05, 4.69) is 21.3 Å². The van der Waals surface area contributed by atoms with Crippen LogP contribution in [0.15, 0.2) is 60.7 Å². The first-order valence-corrected chi connectivity index (χ1v) is 47.8. The summed E-state index contributed by atoms with van der Waals surface area (Å²) < 4.78 is 0. The first-order valence-electron chi connectivity index (χ1n) is 46.8. The third-order valence-corrected chi connectivity index (χ3v) is 24.2. The molecular formula is C95H136N8O33S. The average molecular weight is 1950 g/mol. The number of Topliss-reactive ketones (excluding diaryl/α,β-unsaturated/α-hetero) is 7. The molecule has 1 aliphatic rings. The van der Waals surface area contributed by atoms with Gasteiger partial charge in [-0.15, -0.1) is 11.8 Å². The number of ketones is 7. The highest BCUT2D eigenvalue weighted by atomic mass is 32.2. The Hall–Kier alpha value is -12.0. The minimum absolute atomic E-state index is 0.00422. The molecule has 2 aromatic carbocycles. The Labute approximate surface area is 799 Å². The lowest BCUT2D eigenvalue weighted by molar-refractivity contribution is -0.192. The monoisotopic (exact) mass is 1950 g/mol. The van der Waals surface area contributed by atoms with Crippen LogP contribution in [0.5, 0.6) is 0 Å². The lowest BCUT2D eigenvalue weighted by atomic mass is 9.88. The average Bonchev–Trinajstić information content (AvgIpc) is 1.71. The molecule has 2 aromatic rings. The number of hydrogen-bond donors (Lipinski definition) is 13. The molecule has 42 heteroatoms. The van der Waals surface area contributed by atoms with Crippen LogP contribution in [-0.2, 0) is 128 Å². The highest BCUT2D eigenvalue weighted by Crippen LogP contribution is 2.30. The van der Waals surface area contributed by atoms with Crippen LogP contribution < -0.4 is 21.3 Å². The molecule has 3 rings (SSSR count). The van der Waals surface area contributed by atoms with Crippen molar-refractivity contribution in [1.82, 2.24) is 41.4 Å². The third-order valence-electron chi connectivity index (χ3n) is 22.9. The molecule has 8 atom stereocenters. The fourth-order valence-electron chi connectivity index (χ4n) is 15.0. The van der Waals surface area contributed by atoms with Crippen molar-refractivity contribution < 1.29 is 161 Å². The Morgan fingerprint density at radius 3 is 1.22 bits per heavy atom. The first kappa shape index (κ1) is 121. The number of thioether (sulfide) groups is 1. The van der Waals surface area contributed by atoms with E-state index in [4.69, 9.17) is 14.7 Å². The number of benzene rings is 2. The lowest BCUT2D eigenvalue weighted by Gasteiger charge is -2.25. The van der Waals surface area contributed by atoms with E-state index >= 15 is 0 Å². The number of hydroxylamine groups is 6. The maximum absolute atomic E-state index is 14.6. The molecule has 1 fully saturated rings. The standard InChI is InChI=1S/C94H136N8O31S.CO2/c1-63(103)100(131)48-26-9-6-21-37-71(105)42-44-83(113)101(132)49-27-10-7-22-38-72(106)43-45-84(114)102(133)50-28-11-8-23-39-73(107)46-51-99-85(115)61-80(92(99)126)134-62-69(94(129)130)56-79(110)76(60-89(122)123)98-91(125)68(58-87(118)119)55-78(109)75(59-88(120)121)97-90(124)67(52-64-30-15-12-16-31-64)54-77(108)74(53-65-32-17-13-18-33-65)96-81(111)40-25-5-3-2-4-20-35-70(104)36-24-14-19-34-66(93(127)128)57-82(112)95-47-29-41-86(116)117;2-1-3/h12-13,15-18,30-33,66-69,74-76,80,131-133H,2-11,14,19-29,34-62H2,1H3,(H,95,112)(H,96,111)(H,97,124)(H,98,125)(H,116,117)(H,118,119)(H,120,121)(H,122,123)(H,127,128)(H,129,130);/t66-,67-,68+,69+,74+,75+,76+,80?;/m1./s1. The summed E-state index contributed by atoms with van der Waals surface area (Å²) in [5.41, 5.74) is 1.16. The van der Waals surface area contributed by atoms with Gasteiger partial charge in [0.2, 0.25) is 53.2 Å². The molecule has 137 heavy (non-hydrogen) atoms. The van der Waals surface area contributed by atoms with Gasteiger partial charge in [-0.25, -0.2) is 15.2 Å². The van der Waals surface area contributed by atoms with Crippen molar-refractivity contribution in [1.29, 1.82) is 0 Å². The van der Waals surface area contributed by atoms with Crippen LogP contribution in [0, 0.1) is 23.7 Å². The van der Waals surface area contributed by atoms with Gasteiger partial charge in [-0.1, -0.05) is 138 Å². The van der Waals surface area contributed by atoms with Crippen LogP contribution in [0.3, 0.4) is 0 Å². The van der Waals surface area contributed by atoms with Crippen molar-refractivity contribution >= 4 is 147 Å². The Bertz CT molecular complexity index is 4320. The van der Waals surface area contributed by atoms with Crippen LogP contribution in [0.2, 0.25) is 0 Å². The number of unbranched alkanes of at least 4 members (excludes halogenated alkanes) is 16. The van der Waals surface area contributed by atoms with Gasteiger partial charge in [0.1, 0.15) is 23.1 Å². The first-order chi connectivity index (χ1) is 65.1. The second-order valence-corrected chi connectivity index (χ2v) is 35.5. The molecule has 0 radical (unpaired) electrons. The van der Waals surface area contributed by atoms with Crippen molar-refractivity contribution in [2.24, 2.45) is 23.7 Å². The smallest absolute Gasteiger partial charge is 0.373 e. The SMILES string of the molecule is CC(=O)N(O)CCCCCCC(=O)CCC(=O)N(O)CCCCCCC(=O)CCC(=O)N(O)CCCCCCC(=O)CCN1C(=O)CC(SC[C@H](CC(=O)[C@H](CC(=O)O)NC(=O)[C@H](CC(=O)O)CC(=O)[C@H](CC(=O)O)NC(=O)[C@@H](CC(=O)[C@H](Cc2ccccc2)NC(=O)CCCCCCCCC(=O)CCCCC[C@H](CC(=O)NCCCC(=O)O)C(=O)O)Cc2ccccc2)C(=O)O)C1=O.O=C=O. The van der Waals surface area contributed by atoms with Gasteiger partial charge in [-0.3, -0.25) is 126 Å². The molecule has 41 nitrogen and oxygen atoms in total. The molecule has 1 saturated heterocycles. The number of carboxylic acids is 6. The normalized spacial score (nSPS) is 13.6. The van der Waals surface area contributed by atoms with Crippen LogP contribution in [0.1, 0.15) is 294 Å². The molecule has 13 N–H and O–H groups in total. The summed E-state index contributed by atoms with van der Waals surface area (Å²) in [6.07, 6.45) is 6.33. The topological polar surface area (TPSA) is 653 Å². The summed E-state index contributed by atoms with van der Waals surface area (Å²) in [5, 5.41) is 98.7. The molecule has 1 aliphatic heterocycles. The largest absolute Gasteiger partial charge is 0.481 e. The molecule has 0 bridgehead atoms. The summed E-state index contributed by atoms with van der Waals surface area (Å²) in [5.74, 6) is -25.3. The Morgan fingerprint density at radius 2 is 0.774 bits per heavy atom. The predicted molar refractivity (Wildman–Crippen MR) is 487 cm³/mol. The fraction of sp³-hybridized carbons (Fsp3) is 0.632. The Morgan fingerprint density at radius 1 is 0.387 bits per heavy atom. The minimum atomic E-state index is -2.07. The van der Waals surface area contributed by atoms with Crippen LogP contribution in [-0.4, -0.2) is 264 Å². The van der Waals surface area contributed by atoms with Gasteiger partial charge < -0.3 is 51.9 Å². The second-order valence-electron chi connectivity index (χ2n) is 34.2. The van der Waals surface area contributed by atoms with E-state index in [1.54, 1.807) is 60.7 Å². The molecule has 0 spiro atoms. The molecule has 9 amide bonds. The fourth-order valence-corrected chi connectivity index (χ4v) is 16.3. The molecule has 1 unspecified atom stereocenters. The van der Waals surface area contributed by atoms with Crippen LogP contribution >= 0.6 is 11.8 Å². The number of hydrogen-bond acceptors (Lipinski definition) is 28. The van der Waals surface area contributed by atoms with Crippen LogP contribution in [0.25, 0.3) is 0 Å². The van der Waals surface area contributed by atoms with Gasteiger partial charge in [-0.2, -0.15) is 9.59 Å². The highest BCUT2D eigenvalue weighted by Gasteiger charge is 2.42. The Balaban J connectivity index is 0.0000209. The van der Waals surface area contributed by atoms with E-state index in [0.717, 1.165) is 37.0 Å². The van der Waals surface area contributed by atoms with E-state index in [0.29, 0.717) is 154 Å². The zero-order valence-corrected chi connectivity index (χ0v) is 78.8. The predicted octanol–water partition coefficient (Wildman–Crippen LogP) is 8.33. The van der Waals surface area contributed by atoms with Crippen molar-refractivity contribution in [2.75, 3.05) is 38.5 Å². The summed E-state index contributed by atoms with van der Waals surface area (Å²) in [6.45, 7) is 1.30. The number of imide groups is 1. The number of carboxylic acid groups (broad SMARTS) is 6. The molecule has 0 saturated carbocycles. The van der Waals surface area contributed by atoms with Crippen molar-refractivity contribution in [3.8, 4) is 0 Å². The molecule has 760 valence electrons. The number of rotatable bonds is 80. The van der Waals surface area contributed by atoms with Crippen molar-refractivity contribution in [3.63, 3.8) is 0 Å². The maximum atomic E-state index is 14.6. The number of carbonyl (C=O) groups is 22. The maximum Gasteiger partial charge on any atom is 0.373 e. The molecular weight excluding hydrogens is 1810 g/mol. The summed E-state index contributed by atoms with van der Waals surface area (Å²) in [7, 11) is 0. The minimum Gasteiger partial charge on any atom is -0.481 e. The number of aliphatic carboxylic acids is 6. The van der Waals surface area contributed by atoms with E-state index in [9.17, 15) is 147 Å². The summed E-state index contributed by atoms with van der Waals surface area (Å²) >= 11 is 0.690. The molecule has 0 aliphatic carbocycles. The van der Waals surface area contributed by atoms with E-state index < -0.39 is 204 Å². The van der Waals surface area contributed by atoms with E-state index in [1.165, 1.54) is 6.92 Å². The number of carbonyl (C=O) groups excluding carboxylic acids is 18. The number of nitrogens with one attached hydrogen (secondary N) is 4. The van der Waals surface area contributed by atoms with Gasteiger partial charge in [0.25, 0.3) is 0 Å². The van der Waals surface area contributed by atoms with E-state index in [1.807, 2.05) is 0 Å². The van der Waals surface area contributed by atoms with Gasteiger partial charge in [0, 0.05) is 160 Å². The second kappa shape index (κ2) is 70.6. The summed E-state index contributed by atoms with van der Waals surface area (Å²) in [6, 6.07) is 11.6. The number of amides is 9. The third kappa shape index (κ3) is 56.3. The highest BCUT2D eigenvalue weighted by molar-refractivity contribution is 8.00. The van der Waals surface area contributed by atoms with Gasteiger partial charge in [0.05, 0.1) is 60.4 Å². The van der Waals surface area contributed by atoms with Gasteiger partial charge >= 0.3 is 42.0 Å². The zero-order chi connectivity index (χ0) is 102. The quantitative estimate of drug-likeness (QED) is 0.0128. The molecule has 1 heterocycles.